The fourth-order valence-electron chi connectivity index (χ4n) is 3.73. The van der Waals surface area contributed by atoms with Gasteiger partial charge < -0.3 is 15.1 Å². The van der Waals surface area contributed by atoms with Crippen LogP contribution in [0.3, 0.4) is 0 Å². The average Bonchev–Trinajstić information content (AvgIpc) is 2.79. The molecule has 30 heavy (non-hydrogen) atoms. The monoisotopic (exact) mass is 404 g/mol. The number of anilines is 1. The molecule has 0 radical (unpaired) electrons. The van der Waals surface area contributed by atoms with Crippen LogP contribution in [0.1, 0.15) is 29.8 Å². The van der Waals surface area contributed by atoms with E-state index in [2.05, 4.69) is 23.5 Å². The van der Waals surface area contributed by atoms with Crippen molar-refractivity contribution in [1.82, 2.24) is 5.32 Å². The third-order valence-electron chi connectivity index (χ3n) is 5.68. The summed E-state index contributed by atoms with van der Waals surface area (Å²) in [7, 11) is 3.66. The van der Waals surface area contributed by atoms with Crippen molar-refractivity contribution < 1.29 is 14.5 Å². The van der Waals surface area contributed by atoms with E-state index >= 15 is 0 Å². The Morgan fingerprint density at radius 1 is 1.00 bits per heavy atom. The molecule has 5 heteroatoms. The first-order chi connectivity index (χ1) is 14.5. The molecule has 0 aliphatic carbocycles. The quantitative estimate of drug-likeness (QED) is 0.636. The maximum Gasteiger partial charge on any atom is 0.284 e. The molecule has 0 saturated carbocycles. The summed E-state index contributed by atoms with van der Waals surface area (Å²) in [4.78, 5) is 28.1. The van der Waals surface area contributed by atoms with Crippen LogP contribution in [0.5, 0.6) is 0 Å². The molecule has 3 aromatic carbocycles. The van der Waals surface area contributed by atoms with E-state index in [4.69, 9.17) is 0 Å². The zero-order chi connectivity index (χ0) is 21.7. The van der Waals surface area contributed by atoms with Crippen LogP contribution in [0, 0.1) is 0 Å². The average molecular weight is 405 g/mol. The van der Waals surface area contributed by atoms with Crippen molar-refractivity contribution >= 4 is 28.3 Å². The molecule has 156 valence electrons. The lowest BCUT2D eigenvalue weighted by molar-refractivity contribution is -0.908. The van der Waals surface area contributed by atoms with Gasteiger partial charge in [-0.15, -0.1) is 0 Å². The zero-order valence-electron chi connectivity index (χ0n) is 18.1. The third-order valence-corrected chi connectivity index (χ3v) is 5.68. The van der Waals surface area contributed by atoms with E-state index in [1.165, 1.54) is 0 Å². The van der Waals surface area contributed by atoms with E-state index in [-0.39, 0.29) is 17.9 Å². The molecule has 0 saturated heterocycles. The summed E-state index contributed by atoms with van der Waals surface area (Å²) >= 11 is 0. The van der Waals surface area contributed by atoms with E-state index in [0.29, 0.717) is 18.7 Å². The van der Waals surface area contributed by atoms with Gasteiger partial charge in [-0.2, -0.15) is 0 Å². The molecule has 1 unspecified atom stereocenters. The topological polar surface area (TPSA) is 53.9 Å². The maximum atomic E-state index is 13.4. The van der Waals surface area contributed by atoms with E-state index in [9.17, 15) is 9.59 Å². The van der Waals surface area contributed by atoms with Crippen molar-refractivity contribution in [2.75, 3.05) is 25.5 Å². The van der Waals surface area contributed by atoms with Crippen molar-refractivity contribution in [2.24, 2.45) is 0 Å². The van der Waals surface area contributed by atoms with Crippen LogP contribution in [0.25, 0.3) is 10.8 Å². The number of carbonyl (C=O) groups excluding carboxylic acids is 2. The van der Waals surface area contributed by atoms with Crippen LogP contribution in [-0.4, -0.2) is 38.5 Å². The van der Waals surface area contributed by atoms with Gasteiger partial charge >= 0.3 is 0 Å². The first kappa shape index (κ1) is 21.5. The molecule has 0 aliphatic heterocycles. The minimum atomic E-state index is -0.206. The van der Waals surface area contributed by atoms with E-state index in [0.717, 1.165) is 26.9 Å². The fraction of sp³-hybridized carbons (Fsp3) is 0.280. The Hall–Kier alpha value is -3.18. The molecule has 3 aromatic rings. The Morgan fingerprint density at radius 3 is 2.33 bits per heavy atom. The van der Waals surface area contributed by atoms with Gasteiger partial charge in [0.2, 0.25) is 0 Å². The van der Waals surface area contributed by atoms with E-state index in [1.54, 1.807) is 7.05 Å². The minimum absolute atomic E-state index is 0.0977. The van der Waals surface area contributed by atoms with Gasteiger partial charge in [0, 0.05) is 30.1 Å². The predicted molar refractivity (Wildman–Crippen MR) is 122 cm³/mol. The SMILES string of the molecule is CCN(C(=O)[C@H](C)[NH+](C)Cc1ccc(C(=O)NC)cc1)c1cccc2ccccc12. The van der Waals surface area contributed by atoms with Crippen LogP contribution in [0.4, 0.5) is 5.69 Å². The van der Waals surface area contributed by atoms with Crippen molar-refractivity contribution in [2.45, 2.75) is 26.4 Å². The van der Waals surface area contributed by atoms with Crippen LogP contribution >= 0.6 is 0 Å². The Bertz CT molecular complexity index is 1020. The minimum Gasteiger partial charge on any atom is -0.355 e. The van der Waals surface area contributed by atoms with Gasteiger partial charge in [0.05, 0.1) is 12.7 Å². The first-order valence-corrected chi connectivity index (χ1v) is 10.4. The van der Waals surface area contributed by atoms with Gasteiger partial charge in [-0.3, -0.25) is 9.59 Å². The number of carbonyl (C=O) groups is 2. The van der Waals surface area contributed by atoms with E-state index < -0.39 is 0 Å². The van der Waals surface area contributed by atoms with Crippen LogP contribution < -0.4 is 15.1 Å². The molecule has 2 amide bonds. The largest absolute Gasteiger partial charge is 0.355 e. The summed E-state index contributed by atoms with van der Waals surface area (Å²) < 4.78 is 0. The lowest BCUT2D eigenvalue weighted by atomic mass is 10.1. The Balaban J connectivity index is 1.76. The summed E-state index contributed by atoms with van der Waals surface area (Å²) in [6.07, 6.45) is 0. The van der Waals surface area contributed by atoms with Crippen LogP contribution in [-0.2, 0) is 11.3 Å². The third kappa shape index (κ3) is 4.52. The number of likely N-dealkylation sites (N-methyl/N-ethyl adjacent to an activating group) is 2. The Labute approximate surface area is 178 Å². The fourth-order valence-corrected chi connectivity index (χ4v) is 3.73. The van der Waals surface area contributed by atoms with Crippen LogP contribution in [0.2, 0.25) is 0 Å². The first-order valence-electron chi connectivity index (χ1n) is 10.4. The molecule has 0 fully saturated rings. The highest BCUT2D eigenvalue weighted by Gasteiger charge is 2.28. The second-order valence-corrected chi connectivity index (χ2v) is 7.60. The molecule has 0 bridgehead atoms. The highest BCUT2D eigenvalue weighted by molar-refractivity contribution is 6.04. The highest BCUT2D eigenvalue weighted by Crippen LogP contribution is 2.27. The summed E-state index contributed by atoms with van der Waals surface area (Å²) in [5, 5.41) is 4.85. The zero-order valence-corrected chi connectivity index (χ0v) is 18.1. The van der Waals surface area contributed by atoms with Gasteiger partial charge in [-0.25, -0.2) is 0 Å². The molecule has 5 nitrogen and oxygen atoms in total. The molecule has 0 aliphatic rings. The number of quaternary nitrogens is 1. The molecule has 0 heterocycles. The normalized spacial score (nSPS) is 12.9. The van der Waals surface area contributed by atoms with Crippen molar-refractivity contribution in [1.29, 1.82) is 0 Å². The number of hydrogen-bond acceptors (Lipinski definition) is 2. The number of fused-ring (bicyclic) bond motifs is 1. The standard InChI is InChI=1S/C25H29N3O2/c1-5-28(23-12-8-10-20-9-6-7-11-22(20)23)25(30)18(2)27(4)17-19-13-15-21(16-14-19)24(29)26-3/h6-16,18H,5,17H2,1-4H3,(H,26,29)/p+1/t18-/m0/s1. The maximum absolute atomic E-state index is 13.4. The van der Waals surface area contributed by atoms with Gasteiger partial charge in [-0.05, 0) is 37.4 Å². The summed E-state index contributed by atoms with van der Waals surface area (Å²) in [6, 6.07) is 21.6. The molecule has 2 atom stereocenters. The number of nitrogens with zero attached hydrogens (tertiary/aromatic N) is 1. The lowest BCUT2D eigenvalue weighted by Crippen LogP contribution is -3.12. The van der Waals surface area contributed by atoms with Crippen LogP contribution in [0.15, 0.2) is 66.7 Å². The number of amides is 2. The molecule has 2 N–H and O–H groups in total. The number of rotatable bonds is 7. The van der Waals surface area contributed by atoms with Crippen molar-refractivity contribution in [3.63, 3.8) is 0 Å². The molecular formula is C25H30N3O2+. The van der Waals surface area contributed by atoms with Gasteiger partial charge in [-0.1, -0.05) is 48.5 Å². The molecule has 3 rings (SSSR count). The summed E-state index contributed by atoms with van der Waals surface area (Å²) in [6.45, 7) is 5.31. The Morgan fingerprint density at radius 2 is 1.67 bits per heavy atom. The smallest absolute Gasteiger partial charge is 0.284 e. The number of hydrogen-bond donors (Lipinski definition) is 2. The highest BCUT2D eigenvalue weighted by atomic mass is 16.2. The summed E-state index contributed by atoms with van der Waals surface area (Å²) in [5.41, 5.74) is 2.68. The van der Waals surface area contributed by atoms with Crippen molar-refractivity contribution in [3.8, 4) is 0 Å². The summed E-state index contributed by atoms with van der Waals surface area (Å²) in [5.74, 6) is 0.00723. The molecule has 0 aromatic heterocycles. The second-order valence-electron chi connectivity index (χ2n) is 7.60. The van der Waals surface area contributed by atoms with E-state index in [1.807, 2.05) is 74.3 Å². The number of benzene rings is 3. The Kier molecular flexibility index (Phi) is 6.85. The van der Waals surface area contributed by atoms with Gasteiger partial charge in [0.25, 0.3) is 11.8 Å². The lowest BCUT2D eigenvalue weighted by Gasteiger charge is -2.28. The predicted octanol–water partition coefficient (Wildman–Crippen LogP) is 2.66. The second kappa shape index (κ2) is 9.55. The van der Waals surface area contributed by atoms with Crippen molar-refractivity contribution in [3.05, 3.63) is 77.9 Å². The van der Waals surface area contributed by atoms with Gasteiger partial charge in [0.1, 0.15) is 6.54 Å². The molecular weight excluding hydrogens is 374 g/mol. The van der Waals surface area contributed by atoms with Gasteiger partial charge in [0.15, 0.2) is 6.04 Å². The molecule has 0 spiro atoms. The number of nitrogens with one attached hydrogen (secondary N) is 2.